The minimum absolute atomic E-state index is 0.373. The molecule has 3 nitrogen and oxygen atoms in total. The molecule has 0 aromatic heterocycles. The average Bonchev–Trinajstić information content (AvgIpc) is 2.55. The van der Waals surface area contributed by atoms with Crippen LogP contribution in [0.2, 0.25) is 0 Å². The predicted octanol–water partition coefficient (Wildman–Crippen LogP) is 3.23. The third-order valence-corrected chi connectivity index (χ3v) is 4.23. The van der Waals surface area contributed by atoms with Crippen LogP contribution in [0.3, 0.4) is 0 Å². The van der Waals surface area contributed by atoms with Crippen LogP contribution < -0.4 is 10.1 Å². The molecule has 3 heteroatoms. The number of nitrogens with zero attached hydrogens (tertiary/aromatic N) is 1. The highest BCUT2D eigenvalue weighted by Crippen LogP contribution is 2.23. The van der Waals surface area contributed by atoms with E-state index in [4.69, 9.17) is 4.74 Å². The molecule has 2 aromatic carbocycles. The van der Waals surface area contributed by atoms with Gasteiger partial charge in [-0.1, -0.05) is 42.5 Å². The third-order valence-electron chi connectivity index (χ3n) is 4.23. The molecule has 0 radical (unpaired) electrons. The molecule has 3 rings (SSSR count). The minimum atomic E-state index is 0.373. The van der Waals surface area contributed by atoms with E-state index in [-0.39, 0.29) is 0 Å². The van der Waals surface area contributed by atoms with Crippen LogP contribution in [-0.4, -0.2) is 31.1 Å². The lowest BCUT2D eigenvalue weighted by atomic mass is 10.0. The highest BCUT2D eigenvalue weighted by Gasteiger charge is 2.24. The van der Waals surface area contributed by atoms with Crippen LogP contribution in [0.4, 0.5) is 0 Å². The largest absolute Gasteiger partial charge is 0.497 e. The van der Waals surface area contributed by atoms with Crippen LogP contribution >= 0.6 is 0 Å². The van der Waals surface area contributed by atoms with Crippen molar-refractivity contribution in [3.05, 3.63) is 65.7 Å². The van der Waals surface area contributed by atoms with Crippen molar-refractivity contribution >= 4 is 0 Å². The summed E-state index contributed by atoms with van der Waals surface area (Å²) in [5, 5.41) is 3.70. The number of nitrogens with one attached hydrogen (secondary N) is 1. The van der Waals surface area contributed by atoms with E-state index in [1.807, 2.05) is 12.1 Å². The Morgan fingerprint density at radius 3 is 2.45 bits per heavy atom. The van der Waals surface area contributed by atoms with Gasteiger partial charge in [0.2, 0.25) is 0 Å². The van der Waals surface area contributed by atoms with Crippen LogP contribution in [0.15, 0.2) is 54.6 Å². The smallest absolute Gasteiger partial charge is 0.118 e. The van der Waals surface area contributed by atoms with E-state index in [0.29, 0.717) is 12.1 Å². The van der Waals surface area contributed by atoms with Crippen molar-refractivity contribution in [3.63, 3.8) is 0 Å². The molecule has 1 saturated heterocycles. The molecule has 2 aromatic rings. The molecule has 0 aliphatic carbocycles. The molecule has 1 heterocycles. The van der Waals surface area contributed by atoms with Crippen molar-refractivity contribution in [2.45, 2.75) is 25.6 Å². The highest BCUT2D eigenvalue weighted by molar-refractivity contribution is 5.29. The molecule has 0 saturated carbocycles. The van der Waals surface area contributed by atoms with Crippen LogP contribution in [0.1, 0.15) is 24.1 Å². The molecular formula is C19H24N2O. The first kappa shape index (κ1) is 15.1. The van der Waals surface area contributed by atoms with Gasteiger partial charge in [-0.3, -0.25) is 4.90 Å². The fourth-order valence-corrected chi connectivity index (χ4v) is 3.18. The van der Waals surface area contributed by atoms with E-state index in [0.717, 1.165) is 25.4 Å². The molecule has 2 atom stereocenters. The van der Waals surface area contributed by atoms with Crippen LogP contribution in [-0.2, 0) is 6.54 Å². The minimum Gasteiger partial charge on any atom is -0.497 e. The molecule has 22 heavy (non-hydrogen) atoms. The van der Waals surface area contributed by atoms with Crippen LogP contribution in [0.5, 0.6) is 5.75 Å². The average molecular weight is 296 g/mol. The Kier molecular flexibility index (Phi) is 4.76. The lowest BCUT2D eigenvalue weighted by Crippen LogP contribution is -2.50. The summed E-state index contributed by atoms with van der Waals surface area (Å²) in [4.78, 5) is 2.53. The zero-order chi connectivity index (χ0) is 15.4. The lowest BCUT2D eigenvalue weighted by molar-refractivity contribution is 0.160. The van der Waals surface area contributed by atoms with E-state index < -0.39 is 0 Å². The van der Waals surface area contributed by atoms with Gasteiger partial charge >= 0.3 is 0 Å². The van der Waals surface area contributed by atoms with Crippen molar-refractivity contribution in [1.82, 2.24) is 10.2 Å². The molecule has 1 fully saturated rings. The van der Waals surface area contributed by atoms with Gasteiger partial charge in [-0.2, -0.15) is 0 Å². The molecule has 1 N–H and O–H groups in total. The van der Waals surface area contributed by atoms with Crippen molar-refractivity contribution in [3.8, 4) is 5.75 Å². The summed E-state index contributed by atoms with van der Waals surface area (Å²) in [5.41, 5.74) is 2.70. The molecular weight excluding hydrogens is 272 g/mol. The second kappa shape index (κ2) is 6.95. The summed E-state index contributed by atoms with van der Waals surface area (Å²) in [6, 6.07) is 20.0. The van der Waals surface area contributed by atoms with Gasteiger partial charge in [-0.25, -0.2) is 0 Å². The van der Waals surface area contributed by atoms with Crippen molar-refractivity contribution < 1.29 is 4.74 Å². The van der Waals surface area contributed by atoms with E-state index >= 15 is 0 Å². The van der Waals surface area contributed by atoms with Gasteiger partial charge in [0, 0.05) is 31.7 Å². The fourth-order valence-electron chi connectivity index (χ4n) is 3.18. The first-order valence-corrected chi connectivity index (χ1v) is 7.91. The summed E-state index contributed by atoms with van der Waals surface area (Å²) in [7, 11) is 1.71. The SMILES string of the molecule is COc1ccc(C2CN(Cc3ccccc3)CC(C)N2)cc1. The summed E-state index contributed by atoms with van der Waals surface area (Å²) in [6.07, 6.45) is 0. The summed E-state index contributed by atoms with van der Waals surface area (Å²) >= 11 is 0. The van der Waals surface area contributed by atoms with Gasteiger partial charge in [-0.05, 0) is 30.2 Å². The standard InChI is InChI=1S/C19H24N2O/c1-15-12-21(13-16-6-4-3-5-7-16)14-19(20-15)17-8-10-18(22-2)11-9-17/h3-11,15,19-20H,12-14H2,1-2H3. The monoisotopic (exact) mass is 296 g/mol. The highest BCUT2D eigenvalue weighted by atomic mass is 16.5. The molecule has 1 aliphatic rings. The molecule has 2 unspecified atom stereocenters. The van der Waals surface area contributed by atoms with Gasteiger partial charge in [0.15, 0.2) is 0 Å². The Morgan fingerprint density at radius 2 is 1.77 bits per heavy atom. The zero-order valence-corrected chi connectivity index (χ0v) is 13.3. The molecule has 0 bridgehead atoms. The second-order valence-electron chi connectivity index (χ2n) is 6.07. The van der Waals surface area contributed by atoms with Crippen molar-refractivity contribution in [2.75, 3.05) is 20.2 Å². The normalized spacial score (nSPS) is 22.5. The Balaban J connectivity index is 1.70. The topological polar surface area (TPSA) is 24.5 Å². The lowest BCUT2D eigenvalue weighted by Gasteiger charge is -2.38. The summed E-state index contributed by atoms with van der Waals surface area (Å²) in [5.74, 6) is 0.911. The van der Waals surface area contributed by atoms with E-state index in [9.17, 15) is 0 Å². The molecule has 116 valence electrons. The molecule has 0 spiro atoms. The number of hydrogen-bond donors (Lipinski definition) is 1. The number of hydrogen-bond acceptors (Lipinski definition) is 3. The zero-order valence-electron chi connectivity index (χ0n) is 13.3. The number of benzene rings is 2. The maximum absolute atomic E-state index is 5.25. The Bertz CT molecular complexity index is 582. The van der Waals surface area contributed by atoms with Gasteiger partial charge in [0.1, 0.15) is 5.75 Å². The van der Waals surface area contributed by atoms with Gasteiger partial charge in [0.25, 0.3) is 0 Å². The van der Waals surface area contributed by atoms with E-state index in [1.54, 1.807) is 7.11 Å². The number of piperazine rings is 1. The van der Waals surface area contributed by atoms with E-state index in [1.165, 1.54) is 11.1 Å². The van der Waals surface area contributed by atoms with Gasteiger partial charge in [-0.15, -0.1) is 0 Å². The first-order valence-electron chi connectivity index (χ1n) is 7.91. The van der Waals surface area contributed by atoms with Crippen molar-refractivity contribution in [2.24, 2.45) is 0 Å². The maximum Gasteiger partial charge on any atom is 0.118 e. The Labute approximate surface area is 132 Å². The van der Waals surface area contributed by atoms with Gasteiger partial charge < -0.3 is 10.1 Å². The van der Waals surface area contributed by atoms with E-state index in [2.05, 4.69) is 59.6 Å². The van der Waals surface area contributed by atoms with Crippen molar-refractivity contribution in [1.29, 1.82) is 0 Å². The Hall–Kier alpha value is -1.84. The fraction of sp³-hybridized carbons (Fsp3) is 0.368. The Morgan fingerprint density at radius 1 is 1.05 bits per heavy atom. The maximum atomic E-state index is 5.25. The van der Waals surface area contributed by atoms with Gasteiger partial charge in [0.05, 0.1) is 7.11 Å². The second-order valence-corrected chi connectivity index (χ2v) is 6.07. The predicted molar refractivity (Wildman–Crippen MR) is 90.1 cm³/mol. The number of methoxy groups -OCH3 is 1. The van der Waals surface area contributed by atoms with Crippen LogP contribution in [0.25, 0.3) is 0 Å². The molecule has 1 aliphatic heterocycles. The summed E-state index contributed by atoms with van der Waals surface area (Å²) in [6.45, 7) is 5.39. The number of ether oxygens (including phenoxy) is 1. The summed E-state index contributed by atoms with van der Waals surface area (Å²) < 4.78 is 5.25. The van der Waals surface area contributed by atoms with Crippen LogP contribution in [0, 0.1) is 0 Å². The number of rotatable bonds is 4. The quantitative estimate of drug-likeness (QED) is 0.937. The first-order chi connectivity index (χ1) is 10.7. The molecule has 0 amide bonds. The third kappa shape index (κ3) is 3.67.